The highest BCUT2D eigenvalue weighted by Crippen LogP contribution is 2.31. The van der Waals surface area contributed by atoms with Crippen LogP contribution in [-0.2, 0) is 0 Å². The Labute approximate surface area is 99.8 Å². The van der Waals surface area contributed by atoms with Crippen molar-refractivity contribution in [2.45, 2.75) is 0 Å². The predicted molar refractivity (Wildman–Crippen MR) is 57.4 cm³/mol. The monoisotopic (exact) mass is 260 g/mol. The summed E-state index contributed by atoms with van der Waals surface area (Å²) < 4.78 is 26.9. The van der Waals surface area contributed by atoms with Gasteiger partial charge >= 0.3 is 0 Å². The van der Waals surface area contributed by atoms with E-state index in [9.17, 15) is 8.78 Å². The van der Waals surface area contributed by atoms with Crippen molar-refractivity contribution in [3.63, 3.8) is 0 Å². The Hall–Kier alpha value is -1.26. The molecule has 0 amide bonds. The van der Waals surface area contributed by atoms with Crippen LogP contribution in [0.2, 0.25) is 10.3 Å². The molecule has 1 aromatic heterocycles. The smallest absolute Gasteiger partial charge is 0.159 e. The zero-order valence-electron chi connectivity index (χ0n) is 7.72. The third kappa shape index (κ3) is 1.99. The fourth-order valence-electron chi connectivity index (χ4n) is 1.28. The van der Waals surface area contributed by atoms with Crippen LogP contribution < -0.4 is 0 Å². The van der Waals surface area contributed by atoms with Crippen molar-refractivity contribution < 1.29 is 8.78 Å². The molecule has 0 fully saturated rings. The van der Waals surface area contributed by atoms with Gasteiger partial charge in [0.2, 0.25) is 0 Å². The van der Waals surface area contributed by atoms with Gasteiger partial charge in [-0.25, -0.2) is 8.78 Å². The van der Waals surface area contributed by atoms with Crippen LogP contribution in [0.5, 0.6) is 0 Å². The van der Waals surface area contributed by atoms with Gasteiger partial charge in [-0.15, -0.1) is 10.2 Å². The van der Waals surface area contributed by atoms with Gasteiger partial charge in [0, 0.05) is 5.56 Å². The Bertz CT molecular complexity index is 526. The van der Waals surface area contributed by atoms with Crippen LogP contribution in [0.1, 0.15) is 0 Å². The third-order valence-corrected chi connectivity index (χ3v) is 2.42. The van der Waals surface area contributed by atoms with Gasteiger partial charge in [0.1, 0.15) is 11.6 Å². The standard InChI is InChI=1S/C10H4Cl2F2N2/c11-8-4-5(10(12)16-15-8)9-6(13)2-1-3-7(9)14/h1-4H. The Morgan fingerprint density at radius 1 is 1.00 bits per heavy atom. The molecule has 0 saturated carbocycles. The number of aromatic nitrogens is 2. The largest absolute Gasteiger partial charge is 0.206 e. The molecule has 0 spiro atoms. The number of hydrogen-bond donors (Lipinski definition) is 0. The lowest BCUT2D eigenvalue weighted by Gasteiger charge is -2.06. The maximum absolute atomic E-state index is 13.5. The summed E-state index contributed by atoms with van der Waals surface area (Å²) in [5.41, 5.74) is -0.179. The van der Waals surface area contributed by atoms with Gasteiger partial charge in [0.15, 0.2) is 10.3 Å². The van der Waals surface area contributed by atoms with Crippen molar-refractivity contribution in [3.05, 3.63) is 46.2 Å². The average molecular weight is 261 g/mol. The lowest BCUT2D eigenvalue weighted by atomic mass is 10.1. The summed E-state index contributed by atoms with van der Waals surface area (Å²) in [4.78, 5) is 0. The van der Waals surface area contributed by atoms with Crippen LogP contribution in [0, 0.1) is 11.6 Å². The number of halogens is 4. The van der Waals surface area contributed by atoms with Crippen LogP contribution in [-0.4, -0.2) is 10.2 Å². The van der Waals surface area contributed by atoms with E-state index in [1.165, 1.54) is 12.1 Å². The van der Waals surface area contributed by atoms with E-state index in [1.807, 2.05) is 0 Å². The topological polar surface area (TPSA) is 25.8 Å². The average Bonchev–Trinajstić information content (AvgIpc) is 2.23. The highest BCUT2D eigenvalue weighted by molar-refractivity contribution is 6.33. The summed E-state index contributed by atoms with van der Waals surface area (Å²) in [7, 11) is 0. The zero-order valence-corrected chi connectivity index (χ0v) is 9.23. The van der Waals surface area contributed by atoms with Crippen molar-refractivity contribution >= 4 is 23.2 Å². The summed E-state index contributed by atoms with van der Waals surface area (Å²) in [6.45, 7) is 0. The number of hydrogen-bond acceptors (Lipinski definition) is 2. The molecule has 0 aliphatic heterocycles. The zero-order chi connectivity index (χ0) is 11.7. The first-order valence-electron chi connectivity index (χ1n) is 4.22. The quantitative estimate of drug-likeness (QED) is 0.781. The minimum Gasteiger partial charge on any atom is -0.206 e. The number of benzene rings is 1. The second-order valence-corrected chi connectivity index (χ2v) is 3.71. The normalized spacial score (nSPS) is 10.5. The molecule has 0 N–H and O–H groups in total. The molecule has 1 heterocycles. The van der Waals surface area contributed by atoms with Gasteiger partial charge in [-0.05, 0) is 18.2 Å². The van der Waals surface area contributed by atoms with Gasteiger partial charge in [-0.1, -0.05) is 29.3 Å². The summed E-state index contributed by atoms with van der Waals surface area (Å²) in [5, 5.41) is 6.86. The molecule has 2 nitrogen and oxygen atoms in total. The van der Waals surface area contributed by atoms with E-state index in [0.717, 1.165) is 12.1 Å². The molecule has 6 heteroatoms. The first-order valence-corrected chi connectivity index (χ1v) is 4.98. The fraction of sp³-hybridized carbons (Fsp3) is 0. The second kappa shape index (κ2) is 4.31. The molecule has 0 bridgehead atoms. The molecule has 0 saturated heterocycles. The molecule has 0 atom stereocenters. The minimum absolute atomic E-state index is 0.0158. The fourth-order valence-corrected chi connectivity index (χ4v) is 1.62. The second-order valence-electron chi connectivity index (χ2n) is 2.97. The Morgan fingerprint density at radius 3 is 2.25 bits per heavy atom. The van der Waals surface area contributed by atoms with Gasteiger partial charge < -0.3 is 0 Å². The summed E-state index contributed by atoms with van der Waals surface area (Å²) in [6, 6.07) is 4.78. The molecule has 2 aromatic rings. The lowest BCUT2D eigenvalue weighted by Crippen LogP contribution is -1.93. The number of nitrogens with zero attached hydrogens (tertiary/aromatic N) is 2. The van der Waals surface area contributed by atoms with Gasteiger partial charge in [0.25, 0.3) is 0 Å². The Morgan fingerprint density at radius 2 is 1.62 bits per heavy atom. The maximum atomic E-state index is 13.5. The molecule has 2 rings (SSSR count). The minimum atomic E-state index is -0.731. The highest BCUT2D eigenvalue weighted by atomic mass is 35.5. The SMILES string of the molecule is Fc1cccc(F)c1-c1cc(Cl)nnc1Cl. The van der Waals surface area contributed by atoms with Gasteiger partial charge in [-0.2, -0.15) is 0 Å². The third-order valence-electron chi connectivity index (χ3n) is 1.95. The van der Waals surface area contributed by atoms with Crippen molar-refractivity contribution in [1.82, 2.24) is 10.2 Å². The van der Waals surface area contributed by atoms with E-state index in [4.69, 9.17) is 23.2 Å². The lowest BCUT2D eigenvalue weighted by molar-refractivity contribution is 0.589. The van der Waals surface area contributed by atoms with Gasteiger partial charge in [0.05, 0.1) is 5.56 Å². The molecule has 0 aliphatic carbocycles. The van der Waals surface area contributed by atoms with Crippen molar-refractivity contribution in [1.29, 1.82) is 0 Å². The van der Waals surface area contributed by atoms with Crippen LogP contribution in [0.4, 0.5) is 8.78 Å². The molecular formula is C10H4Cl2F2N2. The van der Waals surface area contributed by atoms with Crippen LogP contribution >= 0.6 is 23.2 Å². The Kier molecular flexibility index (Phi) is 3.03. The molecular weight excluding hydrogens is 257 g/mol. The van der Waals surface area contributed by atoms with Gasteiger partial charge in [-0.3, -0.25) is 0 Å². The van der Waals surface area contributed by atoms with E-state index in [1.54, 1.807) is 0 Å². The number of rotatable bonds is 1. The highest BCUT2D eigenvalue weighted by Gasteiger charge is 2.15. The van der Waals surface area contributed by atoms with Crippen molar-refractivity contribution in [3.8, 4) is 11.1 Å². The van der Waals surface area contributed by atoms with E-state index in [0.29, 0.717) is 0 Å². The van der Waals surface area contributed by atoms with E-state index >= 15 is 0 Å². The Balaban J connectivity index is 2.72. The molecule has 0 unspecified atom stereocenters. The summed E-state index contributed by atoms with van der Waals surface area (Å²) >= 11 is 11.3. The molecule has 0 radical (unpaired) electrons. The molecule has 0 aliphatic rings. The van der Waals surface area contributed by atoms with E-state index in [2.05, 4.69) is 10.2 Å². The molecule has 1 aromatic carbocycles. The summed E-state index contributed by atoms with van der Waals surface area (Å²) in [6.07, 6.45) is 0. The first-order chi connectivity index (χ1) is 7.59. The van der Waals surface area contributed by atoms with Crippen LogP contribution in [0.3, 0.4) is 0 Å². The molecule has 82 valence electrons. The van der Waals surface area contributed by atoms with Crippen molar-refractivity contribution in [2.24, 2.45) is 0 Å². The molecule has 16 heavy (non-hydrogen) atoms. The maximum Gasteiger partial charge on any atom is 0.159 e. The predicted octanol–water partition coefficient (Wildman–Crippen LogP) is 3.73. The summed E-state index contributed by atoms with van der Waals surface area (Å²) in [5.74, 6) is -1.46. The van der Waals surface area contributed by atoms with Crippen LogP contribution in [0.15, 0.2) is 24.3 Å². The van der Waals surface area contributed by atoms with E-state index < -0.39 is 11.6 Å². The van der Waals surface area contributed by atoms with Crippen molar-refractivity contribution in [2.75, 3.05) is 0 Å². The van der Waals surface area contributed by atoms with E-state index in [-0.39, 0.29) is 21.4 Å². The van der Waals surface area contributed by atoms with Crippen LogP contribution in [0.25, 0.3) is 11.1 Å². The first kappa shape index (κ1) is 11.2.